The lowest BCUT2D eigenvalue weighted by Gasteiger charge is -2.24. The number of halogens is 3. The summed E-state index contributed by atoms with van der Waals surface area (Å²) in [4.78, 5) is 12.0. The monoisotopic (exact) mass is 332 g/mol. The maximum absolute atomic E-state index is 14.0. The molecule has 1 amide bonds. The molecule has 6 heteroatoms. The van der Waals surface area contributed by atoms with Crippen LogP contribution in [-0.4, -0.2) is 25.5 Å². The Morgan fingerprint density at radius 1 is 1.32 bits per heavy atom. The van der Waals surface area contributed by atoms with E-state index in [1.165, 1.54) is 6.07 Å². The Balaban J connectivity index is 0.00000242. The van der Waals surface area contributed by atoms with Gasteiger partial charge in [0, 0.05) is 12.1 Å². The molecule has 1 fully saturated rings. The number of hydrogen-bond donors (Lipinski definition) is 2. The van der Waals surface area contributed by atoms with Gasteiger partial charge in [-0.05, 0) is 55.5 Å². The summed E-state index contributed by atoms with van der Waals surface area (Å²) in [6, 6.07) is 2.49. The van der Waals surface area contributed by atoms with Crippen molar-refractivity contribution < 1.29 is 13.6 Å². The lowest BCUT2D eigenvalue weighted by atomic mass is 9.88. The molecule has 1 aliphatic heterocycles. The summed E-state index contributed by atoms with van der Waals surface area (Å²) in [6.45, 7) is 6.05. The standard InChI is InChI=1S/C16H22F2N2O.ClH/c1-10(2)9-20-16(21)12-7-13(15(18)14(17)8-12)11-3-5-19-6-4-11;/h7-8,10-11,19H,3-6,9H2,1-2H3,(H,20,21);1H. The highest BCUT2D eigenvalue weighted by atomic mass is 35.5. The van der Waals surface area contributed by atoms with Crippen molar-refractivity contribution in [1.82, 2.24) is 10.6 Å². The number of benzene rings is 1. The Labute approximate surface area is 136 Å². The third-order valence-corrected chi connectivity index (χ3v) is 3.77. The summed E-state index contributed by atoms with van der Waals surface area (Å²) in [5.74, 6) is -1.83. The molecule has 2 rings (SSSR count). The largest absolute Gasteiger partial charge is 0.352 e. The van der Waals surface area contributed by atoms with Crippen molar-refractivity contribution in [2.75, 3.05) is 19.6 Å². The average Bonchev–Trinajstić information content (AvgIpc) is 2.48. The summed E-state index contributed by atoms with van der Waals surface area (Å²) in [5, 5.41) is 5.93. The normalized spacial score (nSPS) is 15.5. The average molecular weight is 333 g/mol. The molecule has 1 aromatic carbocycles. The first kappa shape index (κ1) is 18.8. The van der Waals surface area contributed by atoms with Crippen molar-refractivity contribution in [2.45, 2.75) is 32.6 Å². The lowest BCUT2D eigenvalue weighted by molar-refractivity contribution is 0.0948. The summed E-state index contributed by atoms with van der Waals surface area (Å²) in [5.41, 5.74) is 0.522. The van der Waals surface area contributed by atoms with Crippen molar-refractivity contribution in [1.29, 1.82) is 0 Å². The Bertz CT molecular complexity index is 517. The van der Waals surface area contributed by atoms with Gasteiger partial charge in [-0.1, -0.05) is 13.8 Å². The zero-order valence-corrected chi connectivity index (χ0v) is 13.7. The van der Waals surface area contributed by atoms with Crippen LogP contribution < -0.4 is 10.6 Å². The second kappa shape index (κ2) is 8.44. The molecule has 0 unspecified atom stereocenters. The van der Waals surface area contributed by atoms with Gasteiger partial charge in [0.15, 0.2) is 11.6 Å². The van der Waals surface area contributed by atoms with E-state index in [1.54, 1.807) is 0 Å². The number of carbonyl (C=O) groups excluding carboxylic acids is 1. The van der Waals surface area contributed by atoms with Crippen LogP contribution in [0.1, 0.15) is 48.5 Å². The molecule has 0 saturated carbocycles. The minimum atomic E-state index is -0.944. The smallest absolute Gasteiger partial charge is 0.251 e. The number of rotatable bonds is 4. The second-order valence-electron chi connectivity index (χ2n) is 5.99. The predicted molar refractivity (Wildman–Crippen MR) is 85.6 cm³/mol. The fourth-order valence-corrected chi connectivity index (χ4v) is 2.57. The predicted octanol–water partition coefficient (Wildman–Crippen LogP) is 3.24. The number of piperidine rings is 1. The van der Waals surface area contributed by atoms with Gasteiger partial charge in [-0.25, -0.2) is 8.78 Å². The first-order chi connectivity index (χ1) is 9.99. The molecule has 1 aliphatic rings. The summed E-state index contributed by atoms with van der Waals surface area (Å²) in [7, 11) is 0. The van der Waals surface area contributed by atoms with Gasteiger partial charge in [-0.15, -0.1) is 12.4 Å². The van der Waals surface area contributed by atoms with Crippen LogP contribution in [0.15, 0.2) is 12.1 Å². The molecule has 3 nitrogen and oxygen atoms in total. The maximum atomic E-state index is 14.0. The van der Waals surface area contributed by atoms with Gasteiger partial charge in [0.25, 0.3) is 5.91 Å². The van der Waals surface area contributed by atoms with Crippen LogP contribution in [0, 0.1) is 17.6 Å². The first-order valence-electron chi connectivity index (χ1n) is 7.47. The Kier molecular flexibility index (Phi) is 7.23. The minimum Gasteiger partial charge on any atom is -0.352 e. The van der Waals surface area contributed by atoms with E-state index in [1.807, 2.05) is 13.8 Å². The van der Waals surface area contributed by atoms with Crippen LogP contribution in [0.3, 0.4) is 0 Å². The third kappa shape index (κ3) is 4.65. The van der Waals surface area contributed by atoms with Crippen molar-refractivity contribution in [2.24, 2.45) is 5.92 Å². The summed E-state index contributed by atoms with van der Waals surface area (Å²) in [6.07, 6.45) is 1.51. The van der Waals surface area contributed by atoms with Crippen LogP contribution >= 0.6 is 12.4 Å². The first-order valence-corrected chi connectivity index (χ1v) is 7.47. The highest BCUT2D eigenvalue weighted by Crippen LogP contribution is 2.29. The van der Waals surface area contributed by atoms with Crippen molar-refractivity contribution in [3.8, 4) is 0 Å². The van der Waals surface area contributed by atoms with Crippen LogP contribution in [0.2, 0.25) is 0 Å². The number of amides is 1. The fourth-order valence-electron chi connectivity index (χ4n) is 2.57. The number of carbonyl (C=O) groups is 1. The highest BCUT2D eigenvalue weighted by Gasteiger charge is 2.23. The van der Waals surface area contributed by atoms with Crippen LogP contribution in [0.4, 0.5) is 8.78 Å². The molecule has 1 heterocycles. The Morgan fingerprint density at radius 2 is 1.95 bits per heavy atom. The van der Waals surface area contributed by atoms with Gasteiger partial charge in [0.2, 0.25) is 0 Å². The third-order valence-electron chi connectivity index (χ3n) is 3.77. The van der Waals surface area contributed by atoms with Gasteiger partial charge in [0.1, 0.15) is 0 Å². The Hall–Kier alpha value is -1.20. The summed E-state index contributed by atoms with van der Waals surface area (Å²) < 4.78 is 27.8. The van der Waals surface area contributed by atoms with E-state index >= 15 is 0 Å². The van der Waals surface area contributed by atoms with E-state index in [0.29, 0.717) is 18.0 Å². The molecule has 0 radical (unpaired) electrons. The molecule has 2 N–H and O–H groups in total. The van der Waals surface area contributed by atoms with Gasteiger partial charge in [0.05, 0.1) is 0 Å². The summed E-state index contributed by atoms with van der Waals surface area (Å²) >= 11 is 0. The SMILES string of the molecule is CC(C)CNC(=O)c1cc(F)c(F)c(C2CCNCC2)c1.Cl. The number of hydrogen-bond acceptors (Lipinski definition) is 2. The van der Waals surface area contributed by atoms with E-state index in [0.717, 1.165) is 32.0 Å². The molecule has 1 saturated heterocycles. The van der Waals surface area contributed by atoms with Crippen molar-refractivity contribution in [3.63, 3.8) is 0 Å². The topological polar surface area (TPSA) is 41.1 Å². The quantitative estimate of drug-likeness (QED) is 0.888. The van der Waals surface area contributed by atoms with E-state index in [9.17, 15) is 13.6 Å². The molecule has 124 valence electrons. The van der Waals surface area contributed by atoms with Crippen LogP contribution in [0.25, 0.3) is 0 Å². The molecule has 0 atom stereocenters. The molecule has 0 bridgehead atoms. The fraction of sp³-hybridized carbons (Fsp3) is 0.562. The van der Waals surface area contributed by atoms with E-state index < -0.39 is 11.6 Å². The van der Waals surface area contributed by atoms with Crippen molar-refractivity contribution >= 4 is 18.3 Å². The molecular formula is C16H23ClF2N2O. The van der Waals surface area contributed by atoms with Gasteiger partial charge >= 0.3 is 0 Å². The number of nitrogens with one attached hydrogen (secondary N) is 2. The van der Waals surface area contributed by atoms with Gasteiger partial charge < -0.3 is 10.6 Å². The zero-order chi connectivity index (χ0) is 15.4. The lowest BCUT2D eigenvalue weighted by Crippen LogP contribution is -2.29. The molecule has 0 aromatic heterocycles. The molecule has 0 spiro atoms. The molecule has 22 heavy (non-hydrogen) atoms. The van der Waals surface area contributed by atoms with Crippen LogP contribution in [-0.2, 0) is 0 Å². The minimum absolute atomic E-state index is 0. The van der Waals surface area contributed by atoms with E-state index in [2.05, 4.69) is 10.6 Å². The maximum Gasteiger partial charge on any atom is 0.251 e. The molecule has 0 aliphatic carbocycles. The van der Waals surface area contributed by atoms with E-state index in [4.69, 9.17) is 0 Å². The van der Waals surface area contributed by atoms with Crippen LogP contribution in [0.5, 0.6) is 0 Å². The molecule has 1 aromatic rings. The van der Waals surface area contributed by atoms with E-state index in [-0.39, 0.29) is 29.8 Å². The Morgan fingerprint density at radius 3 is 2.55 bits per heavy atom. The van der Waals surface area contributed by atoms with Gasteiger partial charge in [-0.3, -0.25) is 4.79 Å². The van der Waals surface area contributed by atoms with Gasteiger partial charge in [-0.2, -0.15) is 0 Å². The zero-order valence-electron chi connectivity index (χ0n) is 12.9. The highest BCUT2D eigenvalue weighted by molar-refractivity contribution is 5.94. The molecular weight excluding hydrogens is 310 g/mol. The second-order valence-corrected chi connectivity index (χ2v) is 5.99. The van der Waals surface area contributed by atoms with Crippen molar-refractivity contribution in [3.05, 3.63) is 34.9 Å².